The van der Waals surface area contributed by atoms with Crippen LogP contribution in [0.25, 0.3) is 0 Å². The molecule has 0 aromatic heterocycles. The Morgan fingerprint density at radius 3 is 3.00 bits per heavy atom. The lowest BCUT2D eigenvalue weighted by molar-refractivity contribution is 0.0739. The van der Waals surface area contributed by atoms with Crippen molar-refractivity contribution in [1.82, 2.24) is 0 Å². The van der Waals surface area contributed by atoms with Gasteiger partial charge in [-0.2, -0.15) is 12.6 Å². The van der Waals surface area contributed by atoms with Crippen LogP contribution in [0.5, 0.6) is 0 Å². The van der Waals surface area contributed by atoms with Gasteiger partial charge in [0.2, 0.25) is 0 Å². The average molecular weight is 146 g/mol. The van der Waals surface area contributed by atoms with Crippen molar-refractivity contribution in [2.75, 3.05) is 13.2 Å². The smallest absolute Gasteiger partial charge is 0.0975 e. The van der Waals surface area contributed by atoms with Crippen LogP contribution in [-0.2, 0) is 9.47 Å². The van der Waals surface area contributed by atoms with Gasteiger partial charge >= 0.3 is 0 Å². The van der Waals surface area contributed by atoms with Gasteiger partial charge in [-0.25, -0.2) is 0 Å². The first-order valence-electron chi connectivity index (χ1n) is 3.29. The highest BCUT2D eigenvalue weighted by Gasteiger charge is 2.39. The molecule has 2 fully saturated rings. The molecule has 0 N–H and O–H groups in total. The summed E-state index contributed by atoms with van der Waals surface area (Å²) in [6, 6.07) is 0. The Bertz CT molecular complexity index is 118. The van der Waals surface area contributed by atoms with E-state index >= 15 is 0 Å². The summed E-state index contributed by atoms with van der Waals surface area (Å²) in [5, 5.41) is 0.317. The summed E-state index contributed by atoms with van der Waals surface area (Å²) < 4.78 is 10.8. The lowest BCUT2D eigenvalue weighted by Crippen LogP contribution is -2.22. The zero-order chi connectivity index (χ0) is 6.27. The molecule has 0 amide bonds. The van der Waals surface area contributed by atoms with Gasteiger partial charge in [-0.05, 0) is 6.42 Å². The first-order chi connectivity index (χ1) is 4.38. The number of rotatable bonds is 0. The largest absolute Gasteiger partial charge is 0.374 e. The third-order valence-electron chi connectivity index (χ3n) is 1.94. The zero-order valence-corrected chi connectivity index (χ0v) is 6.01. The highest BCUT2D eigenvalue weighted by molar-refractivity contribution is 7.81. The molecule has 9 heavy (non-hydrogen) atoms. The Labute approximate surface area is 59.9 Å². The van der Waals surface area contributed by atoms with Gasteiger partial charge in [0.1, 0.15) is 0 Å². The Balaban J connectivity index is 2.07. The minimum atomic E-state index is 0.285. The Morgan fingerprint density at radius 1 is 1.33 bits per heavy atom. The molecule has 0 radical (unpaired) electrons. The van der Waals surface area contributed by atoms with E-state index in [1.165, 1.54) is 0 Å². The quantitative estimate of drug-likeness (QED) is 0.501. The van der Waals surface area contributed by atoms with E-state index in [0.717, 1.165) is 19.6 Å². The van der Waals surface area contributed by atoms with Crippen LogP contribution in [0.4, 0.5) is 0 Å². The molecule has 3 heteroatoms. The summed E-state index contributed by atoms with van der Waals surface area (Å²) in [6.07, 6.45) is 1.70. The predicted octanol–water partition coefficient (Wildman–Crippen LogP) is 0.473. The lowest BCUT2D eigenvalue weighted by Gasteiger charge is -2.08. The van der Waals surface area contributed by atoms with Gasteiger partial charge in [0.25, 0.3) is 0 Å². The van der Waals surface area contributed by atoms with Crippen LogP contribution >= 0.6 is 12.6 Å². The number of ether oxygens (including phenoxy) is 2. The molecule has 2 nitrogen and oxygen atoms in total. The number of hydrogen-bond donors (Lipinski definition) is 1. The third-order valence-corrected chi connectivity index (χ3v) is 2.38. The van der Waals surface area contributed by atoms with Gasteiger partial charge in [-0.1, -0.05) is 0 Å². The maximum atomic E-state index is 5.39. The Morgan fingerprint density at radius 2 is 2.22 bits per heavy atom. The minimum Gasteiger partial charge on any atom is -0.374 e. The number of fused-ring (bicyclic) bond motifs is 1. The maximum absolute atomic E-state index is 5.39. The molecule has 2 saturated heterocycles. The second-order valence-corrected chi connectivity index (χ2v) is 3.23. The van der Waals surface area contributed by atoms with Crippen molar-refractivity contribution in [3.05, 3.63) is 0 Å². The molecule has 2 aliphatic rings. The fourth-order valence-electron chi connectivity index (χ4n) is 1.45. The van der Waals surface area contributed by atoms with Crippen LogP contribution in [-0.4, -0.2) is 30.7 Å². The van der Waals surface area contributed by atoms with Gasteiger partial charge in [-0.15, -0.1) is 0 Å². The molecule has 2 rings (SSSR count). The fraction of sp³-hybridized carbons (Fsp3) is 1.00. The van der Waals surface area contributed by atoms with Crippen molar-refractivity contribution in [2.45, 2.75) is 23.9 Å². The topological polar surface area (TPSA) is 18.5 Å². The molecule has 52 valence electrons. The average Bonchev–Trinajstić information content (AvgIpc) is 2.35. The molecule has 1 unspecified atom stereocenters. The molecule has 0 aromatic carbocycles. The highest BCUT2D eigenvalue weighted by Crippen LogP contribution is 2.28. The summed E-state index contributed by atoms with van der Waals surface area (Å²) in [4.78, 5) is 0. The maximum Gasteiger partial charge on any atom is 0.0975 e. The van der Waals surface area contributed by atoms with E-state index in [-0.39, 0.29) is 6.10 Å². The molecule has 2 aliphatic heterocycles. The molecule has 3 atom stereocenters. The molecule has 0 aromatic rings. The van der Waals surface area contributed by atoms with Crippen molar-refractivity contribution < 1.29 is 9.47 Å². The summed E-state index contributed by atoms with van der Waals surface area (Å²) >= 11 is 4.32. The monoisotopic (exact) mass is 146 g/mol. The van der Waals surface area contributed by atoms with Gasteiger partial charge in [0.15, 0.2) is 0 Å². The molecule has 0 aliphatic carbocycles. The van der Waals surface area contributed by atoms with Crippen molar-refractivity contribution in [3.8, 4) is 0 Å². The van der Waals surface area contributed by atoms with Crippen molar-refractivity contribution in [2.24, 2.45) is 0 Å². The van der Waals surface area contributed by atoms with Gasteiger partial charge in [0.05, 0.1) is 24.1 Å². The predicted molar refractivity (Wildman–Crippen MR) is 36.9 cm³/mol. The minimum absolute atomic E-state index is 0.285. The summed E-state index contributed by atoms with van der Waals surface area (Å²) in [6.45, 7) is 1.62. The summed E-state index contributed by atoms with van der Waals surface area (Å²) in [5.74, 6) is 0. The first-order valence-corrected chi connectivity index (χ1v) is 3.81. The Hall–Kier alpha value is 0.270. The molecular weight excluding hydrogens is 136 g/mol. The van der Waals surface area contributed by atoms with Crippen LogP contribution in [0, 0.1) is 0 Å². The van der Waals surface area contributed by atoms with Crippen LogP contribution in [0.3, 0.4) is 0 Å². The van der Waals surface area contributed by atoms with Gasteiger partial charge < -0.3 is 9.47 Å². The van der Waals surface area contributed by atoms with Crippen molar-refractivity contribution in [1.29, 1.82) is 0 Å². The zero-order valence-electron chi connectivity index (χ0n) is 5.12. The van der Waals surface area contributed by atoms with Gasteiger partial charge in [0, 0.05) is 6.61 Å². The third kappa shape index (κ3) is 0.876. The molecule has 2 heterocycles. The first kappa shape index (κ1) is 6.01. The molecule has 0 spiro atoms. The second kappa shape index (κ2) is 2.15. The van der Waals surface area contributed by atoms with E-state index in [9.17, 15) is 0 Å². The summed E-state index contributed by atoms with van der Waals surface area (Å²) in [7, 11) is 0. The normalized spacial score (nSPS) is 49.7. The number of hydrogen-bond acceptors (Lipinski definition) is 3. The lowest BCUT2D eigenvalue weighted by atomic mass is 10.2. The second-order valence-electron chi connectivity index (χ2n) is 2.56. The number of thiol groups is 1. The van der Waals surface area contributed by atoms with Crippen molar-refractivity contribution in [3.63, 3.8) is 0 Å². The standard InChI is InChI=1S/C6H10O2S/c9-5-3-8-4-1-2-7-6(4)5/h4-6,9H,1-3H2/t4?,5-,6+/m0/s1. The van der Waals surface area contributed by atoms with Crippen LogP contribution in [0.1, 0.15) is 6.42 Å². The Kier molecular flexibility index (Phi) is 1.43. The molecular formula is C6H10O2S. The molecule has 0 saturated carbocycles. The van der Waals surface area contributed by atoms with Gasteiger partial charge in [-0.3, -0.25) is 0 Å². The fourth-order valence-corrected chi connectivity index (χ4v) is 1.81. The van der Waals surface area contributed by atoms with E-state index < -0.39 is 0 Å². The van der Waals surface area contributed by atoms with Crippen LogP contribution < -0.4 is 0 Å². The highest BCUT2D eigenvalue weighted by atomic mass is 32.1. The van der Waals surface area contributed by atoms with Crippen LogP contribution in [0.2, 0.25) is 0 Å². The van der Waals surface area contributed by atoms with Crippen molar-refractivity contribution >= 4 is 12.6 Å². The van der Waals surface area contributed by atoms with Crippen LogP contribution in [0.15, 0.2) is 0 Å². The summed E-state index contributed by atoms with van der Waals surface area (Å²) in [5.41, 5.74) is 0. The molecule has 0 bridgehead atoms. The van der Waals surface area contributed by atoms with E-state index in [2.05, 4.69) is 12.6 Å². The SMILES string of the molecule is S[C@H]1COC2CCO[C@H]21. The van der Waals surface area contributed by atoms with E-state index in [4.69, 9.17) is 9.47 Å². The van der Waals surface area contributed by atoms with E-state index in [1.807, 2.05) is 0 Å². The van der Waals surface area contributed by atoms with E-state index in [0.29, 0.717) is 11.4 Å². The van der Waals surface area contributed by atoms with E-state index in [1.54, 1.807) is 0 Å².